The third-order valence-corrected chi connectivity index (χ3v) is 6.46. The minimum absolute atomic E-state index is 0.0297. The number of ether oxygens (including phenoxy) is 2. The molecule has 2 unspecified atom stereocenters. The molecule has 1 fully saturated rings. The molecule has 0 aliphatic carbocycles. The summed E-state index contributed by atoms with van der Waals surface area (Å²) in [6.07, 6.45) is -2.54. The molecule has 0 radical (unpaired) electrons. The number of piperidine rings is 1. The van der Waals surface area contributed by atoms with Crippen LogP contribution >= 0.6 is 0 Å². The van der Waals surface area contributed by atoms with Crippen molar-refractivity contribution >= 4 is 23.6 Å². The van der Waals surface area contributed by atoms with Crippen molar-refractivity contribution in [2.75, 3.05) is 31.1 Å². The summed E-state index contributed by atoms with van der Waals surface area (Å²) in [4.78, 5) is 42.8. The van der Waals surface area contributed by atoms with Gasteiger partial charge in [0.1, 0.15) is 5.60 Å². The molecule has 0 saturated carbocycles. The summed E-state index contributed by atoms with van der Waals surface area (Å²) in [7, 11) is 0. The number of hydrogen-bond donors (Lipinski definition) is 1. The number of carbonyl (C=O) groups excluding carboxylic acids is 3. The Labute approximate surface area is 203 Å². The van der Waals surface area contributed by atoms with Gasteiger partial charge in [0.2, 0.25) is 0 Å². The van der Waals surface area contributed by atoms with Crippen molar-refractivity contribution in [2.24, 2.45) is 5.73 Å². The lowest BCUT2D eigenvalue weighted by Gasteiger charge is -2.45. The van der Waals surface area contributed by atoms with E-state index in [1.54, 1.807) is 30.6 Å². The van der Waals surface area contributed by atoms with Crippen LogP contribution < -0.4 is 15.4 Å². The molecule has 2 atom stereocenters. The molecule has 0 aromatic heterocycles. The SMILES string of the molecule is CC1Cc2cc3c(cc2C(=O)N1C1CCCN(C(=O)OC(C)(C)C)C1)N(CCN)C(=O)C(F)(F)O3. The van der Waals surface area contributed by atoms with E-state index in [2.05, 4.69) is 0 Å². The predicted molar refractivity (Wildman–Crippen MR) is 124 cm³/mol. The van der Waals surface area contributed by atoms with Crippen LogP contribution in [0.5, 0.6) is 5.75 Å². The monoisotopic (exact) mass is 494 g/mol. The second-order valence-electron chi connectivity index (χ2n) is 10.3. The van der Waals surface area contributed by atoms with Gasteiger partial charge in [-0.1, -0.05) is 0 Å². The number of carbonyl (C=O) groups is 3. The molecule has 9 nitrogen and oxygen atoms in total. The third-order valence-electron chi connectivity index (χ3n) is 6.46. The highest BCUT2D eigenvalue weighted by Gasteiger charge is 2.51. The van der Waals surface area contributed by atoms with Gasteiger partial charge in [-0.2, -0.15) is 8.78 Å². The van der Waals surface area contributed by atoms with Gasteiger partial charge in [0, 0.05) is 37.8 Å². The number of rotatable bonds is 3. The summed E-state index contributed by atoms with van der Waals surface area (Å²) in [6.45, 7) is 8.04. The number of nitrogens with zero attached hydrogens (tertiary/aromatic N) is 3. The van der Waals surface area contributed by atoms with Crippen molar-refractivity contribution in [3.63, 3.8) is 0 Å². The van der Waals surface area contributed by atoms with Gasteiger partial charge in [0.05, 0.1) is 11.7 Å². The molecular weight excluding hydrogens is 462 g/mol. The minimum Gasteiger partial charge on any atom is -0.444 e. The van der Waals surface area contributed by atoms with E-state index >= 15 is 0 Å². The highest BCUT2D eigenvalue weighted by atomic mass is 19.3. The molecule has 1 aromatic carbocycles. The largest absolute Gasteiger partial charge is 0.482 e. The highest BCUT2D eigenvalue weighted by Crippen LogP contribution is 2.43. The van der Waals surface area contributed by atoms with Gasteiger partial charge < -0.3 is 25.0 Å². The lowest BCUT2D eigenvalue weighted by Crippen LogP contribution is -2.57. The van der Waals surface area contributed by atoms with Crippen LogP contribution in [0.3, 0.4) is 0 Å². The molecule has 4 rings (SSSR count). The standard InChI is InChI=1S/C24H32F2N4O5/c1-14-10-15-11-19-18(29(9-7-27)21(32)24(25,26)34-19)12-17(15)20(31)30(14)16-6-5-8-28(13-16)22(33)35-23(2,3)4/h11-12,14,16H,5-10,13,27H2,1-4H3. The molecule has 0 spiro atoms. The van der Waals surface area contributed by atoms with E-state index in [-0.39, 0.29) is 42.5 Å². The Hall–Kier alpha value is -2.95. The maximum absolute atomic E-state index is 14.2. The Morgan fingerprint density at radius 3 is 2.66 bits per heavy atom. The predicted octanol–water partition coefficient (Wildman–Crippen LogP) is 2.75. The number of anilines is 1. The van der Waals surface area contributed by atoms with E-state index < -0.39 is 23.7 Å². The second-order valence-corrected chi connectivity index (χ2v) is 10.3. The van der Waals surface area contributed by atoms with E-state index in [0.29, 0.717) is 30.6 Å². The lowest BCUT2D eigenvalue weighted by atomic mass is 9.90. The average Bonchev–Trinajstić information content (AvgIpc) is 2.75. The average molecular weight is 495 g/mol. The fourth-order valence-corrected chi connectivity index (χ4v) is 5.03. The van der Waals surface area contributed by atoms with Gasteiger partial charge in [-0.3, -0.25) is 14.5 Å². The van der Waals surface area contributed by atoms with Gasteiger partial charge >= 0.3 is 18.1 Å². The Balaban J connectivity index is 1.62. The molecule has 35 heavy (non-hydrogen) atoms. The summed E-state index contributed by atoms with van der Waals surface area (Å²) < 4.78 is 38.6. The summed E-state index contributed by atoms with van der Waals surface area (Å²) in [5.41, 5.74) is 5.94. The van der Waals surface area contributed by atoms with Crippen LogP contribution in [0.15, 0.2) is 12.1 Å². The lowest BCUT2D eigenvalue weighted by molar-refractivity contribution is -0.192. The highest BCUT2D eigenvalue weighted by molar-refractivity contribution is 6.04. The summed E-state index contributed by atoms with van der Waals surface area (Å²) in [6, 6.07) is 2.44. The van der Waals surface area contributed by atoms with Crippen LogP contribution in [0.4, 0.5) is 19.3 Å². The number of benzene rings is 1. The Bertz CT molecular complexity index is 1040. The molecule has 1 saturated heterocycles. The fourth-order valence-electron chi connectivity index (χ4n) is 5.03. The third kappa shape index (κ3) is 4.78. The smallest absolute Gasteiger partial charge is 0.444 e. The van der Waals surface area contributed by atoms with Gasteiger partial charge in [-0.05, 0) is 64.7 Å². The Morgan fingerprint density at radius 2 is 2.00 bits per heavy atom. The van der Waals surface area contributed by atoms with Crippen LogP contribution in [0, 0.1) is 0 Å². The topological polar surface area (TPSA) is 105 Å². The van der Waals surface area contributed by atoms with Gasteiger partial charge in [0.25, 0.3) is 5.91 Å². The van der Waals surface area contributed by atoms with Crippen LogP contribution in [-0.2, 0) is 16.0 Å². The number of hydrogen-bond acceptors (Lipinski definition) is 6. The zero-order valence-electron chi connectivity index (χ0n) is 20.5. The molecule has 3 heterocycles. The Kier molecular flexibility index (Phi) is 6.41. The second kappa shape index (κ2) is 8.92. The molecule has 192 valence electrons. The molecule has 1 aromatic rings. The summed E-state index contributed by atoms with van der Waals surface area (Å²) in [5.74, 6) is -1.93. The first-order valence-electron chi connectivity index (χ1n) is 11.9. The van der Waals surface area contributed by atoms with E-state index in [1.165, 1.54) is 12.1 Å². The molecule has 3 aliphatic rings. The first kappa shape index (κ1) is 25.2. The molecule has 11 heteroatoms. The van der Waals surface area contributed by atoms with Gasteiger partial charge in [-0.25, -0.2) is 4.79 Å². The van der Waals surface area contributed by atoms with Crippen molar-refractivity contribution in [1.82, 2.24) is 9.80 Å². The molecule has 2 N–H and O–H groups in total. The number of likely N-dealkylation sites (tertiary alicyclic amines) is 1. The Morgan fingerprint density at radius 1 is 1.29 bits per heavy atom. The maximum atomic E-state index is 14.2. The van der Waals surface area contributed by atoms with Crippen molar-refractivity contribution in [3.05, 3.63) is 23.3 Å². The summed E-state index contributed by atoms with van der Waals surface area (Å²) >= 11 is 0. The van der Waals surface area contributed by atoms with Crippen LogP contribution in [0.1, 0.15) is 56.5 Å². The van der Waals surface area contributed by atoms with Gasteiger partial charge in [-0.15, -0.1) is 0 Å². The van der Waals surface area contributed by atoms with E-state index in [4.69, 9.17) is 15.2 Å². The van der Waals surface area contributed by atoms with Crippen LogP contribution in [0.2, 0.25) is 0 Å². The summed E-state index contributed by atoms with van der Waals surface area (Å²) in [5, 5.41) is 0. The van der Waals surface area contributed by atoms with Crippen molar-refractivity contribution in [1.29, 1.82) is 0 Å². The quantitative estimate of drug-likeness (QED) is 0.693. The van der Waals surface area contributed by atoms with E-state index in [1.807, 2.05) is 6.92 Å². The minimum atomic E-state index is -4.00. The first-order valence-corrected chi connectivity index (χ1v) is 11.9. The van der Waals surface area contributed by atoms with E-state index in [9.17, 15) is 23.2 Å². The number of alkyl halides is 2. The number of amides is 3. The van der Waals surface area contributed by atoms with Crippen LogP contribution in [0.25, 0.3) is 0 Å². The maximum Gasteiger partial charge on any atom is 0.482 e. The number of halogens is 2. The zero-order valence-corrected chi connectivity index (χ0v) is 20.5. The van der Waals surface area contributed by atoms with E-state index in [0.717, 1.165) is 17.7 Å². The molecule has 3 amide bonds. The van der Waals surface area contributed by atoms with Crippen molar-refractivity contribution in [3.8, 4) is 5.75 Å². The first-order chi connectivity index (χ1) is 16.3. The van der Waals surface area contributed by atoms with Crippen molar-refractivity contribution in [2.45, 2.75) is 70.8 Å². The zero-order chi connectivity index (χ0) is 25.7. The molecule has 0 bridgehead atoms. The molecule has 3 aliphatic heterocycles. The number of nitrogens with two attached hydrogens (primary N) is 1. The van der Waals surface area contributed by atoms with Crippen LogP contribution in [-0.4, -0.2) is 77.7 Å². The van der Waals surface area contributed by atoms with Gasteiger partial charge in [0.15, 0.2) is 5.75 Å². The van der Waals surface area contributed by atoms with Crippen molar-refractivity contribution < 1.29 is 32.6 Å². The number of fused-ring (bicyclic) bond motifs is 2. The normalized spacial score (nSPS) is 24.0. The molecular formula is C24H32F2N4O5. The fraction of sp³-hybridized carbons (Fsp3) is 0.625.